The molecule has 0 amide bonds. The van der Waals surface area contributed by atoms with Gasteiger partial charge in [0.15, 0.2) is 8.07 Å². The molecule has 0 nitrogen and oxygen atoms in total. The Labute approximate surface area is 203 Å². The van der Waals surface area contributed by atoms with Crippen molar-refractivity contribution in [2.75, 3.05) is 0 Å². The van der Waals surface area contributed by atoms with E-state index >= 15 is 0 Å². The van der Waals surface area contributed by atoms with E-state index in [1.165, 1.54) is 0 Å². The second kappa shape index (κ2) is 8.82. The van der Waals surface area contributed by atoms with E-state index in [1.807, 2.05) is 91.0 Å². The van der Waals surface area contributed by atoms with Crippen molar-refractivity contribution in [3.8, 4) is 11.1 Å². The highest BCUT2D eigenvalue weighted by Crippen LogP contribution is 2.21. The van der Waals surface area contributed by atoms with Crippen molar-refractivity contribution in [3.05, 3.63) is 145 Å². The van der Waals surface area contributed by atoms with E-state index in [2.05, 4.69) is 0 Å². The minimum Gasteiger partial charge on any atom is -0.0623 e. The Balaban J connectivity index is 2.05. The van der Waals surface area contributed by atoms with Crippen LogP contribution >= 0.6 is 0 Å². The van der Waals surface area contributed by atoms with E-state index in [0.29, 0.717) is 5.19 Å². The summed E-state index contributed by atoms with van der Waals surface area (Å²) in [6, 6.07) is 26.5. The van der Waals surface area contributed by atoms with Crippen LogP contribution in [-0.2, 0) is 0 Å². The van der Waals surface area contributed by atoms with Gasteiger partial charge in [0.25, 0.3) is 0 Å². The zero-order chi connectivity index (χ0) is 28.8. The summed E-state index contributed by atoms with van der Waals surface area (Å²) in [7, 11) is -3.39. The van der Waals surface area contributed by atoms with Gasteiger partial charge in [-0.1, -0.05) is 145 Å². The molecule has 0 aliphatic carbocycles. The first kappa shape index (κ1) is 13.0. The van der Waals surface area contributed by atoms with Crippen LogP contribution in [-0.4, -0.2) is 8.07 Å². The smallest absolute Gasteiger partial charge is 0.0623 e. The van der Waals surface area contributed by atoms with Gasteiger partial charge < -0.3 is 0 Å². The molecule has 0 radical (unpaired) electrons. The van der Waals surface area contributed by atoms with Crippen LogP contribution in [0, 0.1) is 6.92 Å². The Hall–Kier alpha value is -3.68. The molecule has 0 heterocycles. The number of rotatable bonds is 5. The maximum Gasteiger partial charge on any atom is 0.179 e. The predicted octanol–water partition coefficient (Wildman–Crippen LogP) is 5.04. The van der Waals surface area contributed by atoms with Crippen molar-refractivity contribution >= 4 is 28.8 Å². The largest absolute Gasteiger partial charge is 0.179 e. The van der Waals surface area contributed by atoms with Crippen LogP contribution in [0.5, 0.6) is 0 Å². The lowest BCUT2D eigenvalue weighted by Crippen LogP contribution is -2.74. The summed E-state index contributed by atoms with van der Waals surface area (Å²) in [4.78, 5) is 0. The van der Waals surface area contributed by atoms with Gasteiger partial charge in [-0.05, 0) is 38.8 Å². The van der Waals surface area contributed by atoms with E-state index in [9.17, 15) is 2.74 Å². The van der Waals surface area contributed by atoms with E-state index in [4.69, 9.17) is 8.22 Å². The quantitative estimate of drug-likeness (QED) is 0.269. The van der Waals surface area contributed by atoms with Crippen molar-refractivity contribution in [2.45, 2.75) is 6.92 Å². The van der Waals surface area contributed by atoms with Gasteiger partial charge in [-0.15, -0.1) is 0 Å². The molecule has 0 saturated carbocycles. The molecule has 0 N–H and O–H groups in total. The summed E-state index contributed by atoms with van der Waals surface area (Å²) in [5.41, 5.74) is 0.0371. The Kier molecular flexibility index (Phi) is 3.58. The van der Waals surface area contributed by atoms with Crippen LogP contribution in [0.15, 0.2) is 139 Å². The van der Waals surface area contributed by atoms with Crippen LogP contribution in [0.4, 0.5) is 0 Å². The van der Waals surface area contributed by atoms with Crippen molar-refractivity contribution in [1.29, 1.82) is 0 Å². The molecule has 0 aliphatic heterocycles. The van der Waals surface area contributed by atoms with Crippen molar-refractivity contribution in [2.24, 2.45) is 0 Å². The number of hydrogen-bond acceptors (Lipinski definition) is 0. The molecule has 0 bridgehead atoms. The summed E-state index contributed by atoms with van der Waals surface area (Å²) in [5, 5.41) is 3.20. The van der Waals surface area contributed by atoms with Gasteiger partial charge in [-0.2, -0.15) is 0 Å². The molecule has 0 spiro atoms. The molecule has 0 aliphatic rings. The molecular weight excluding hydrogens is 400 g/mol. The maximum absolute atomic E-state index is 9.61. The normalized spacial score (nSPS) is 14.8. The maximum atomic E-state index is 9.61. The SMILES string of the molecule is [2H]c1c([2H])c([2H])c(-c2c([2H])c(C)c([2H])c([Si](c3ccccc3)(c3ccccc3)c3ccccc3)c2[2H])c([2H])c1[2H]. The molecule has 0 atom stereocenters. The van der Waals surface area contributed by atoms with Crippen molar-refractivity contribution in [1.82, 2.24) is 0 Å². The van der Waals surface area contributed by atoms with Gasteiger partial charge in [0, 0.05) is 0 Å². The van der Waals surface area contributed by atoms with E-state index in [-0.39, 0.29) is 34.8 Å². The van der Waals surface area contributed by atoms with Gasteiger partial charge in [0.05, 0.1) is 11.0 Å². The first-order valence-electron chi connectivity index (χ1n) is 14.5. The van der Waals surface area contributed by atoms with Gasteiger partial charge in [-0.25, -0.2) is 0 Å². The van der Waals surface area contributed by atoms with E-state index < -0.39 is 38.3 Å². The topological polar surface area (TPSA) is 0 Å². The van der Waals surface area contributed by atoms with Crippen LogP contribution in [0.1, 0.15) is 16.5 Å². The van der Waals surface area contributed by atoms with Crippen LogP contribution in [0.3, 0.4) is 0 Å². The van der Waals surface area contributed by atoms with Crippen molar-refractivity contribution < 1.29 is 11.0 Å². The summed E-state index contributed by atoms with van der Waals surface area (Å²) >= 11 is 0. The summed E-state index contributed by atoms with van der Waals surface area (Å²) in [6.07, 6.45) is 0. The van der Waals surface area contributed by atoms with Gasteiger partial charge in [-0.3, -0.25) is 0 Å². The second-order valence-electron chi connectivity index (χ2n) is 7.60. The standard InChI is InChI=1S/C31H26Si/c1-25-22-27(26-14-6-2-7-15-26)24-31(23-25)32(28-16-8-3-9-17-28,29-18-10-4-11-19-29)30-20-12-5-13-21-30/h2-24H,1H3/i2D,6D,7D,14D,15D,22D,23D,24D. The van der Waals surface area contributed by atoms with E-state index in [0.717, 1.165) is 15.6 Å². The Morgan fingerprint density at radius 1 is 0.500 bits per heavy atom. The first-order valence-corrected chi connectivity index (χ1v) is 12.5. The molecule has 32 heavy (non-hydrogen) atoms. The molecule has 5 aromatic carbocycles. The fourth-order valence-corrected chi connectivity index (χ4v) is 8.91. The number of benzene rings is 5. The summed E-state index contributed by atoms with van der Waals surface area (Å²) in [6.45, 7) is 1.63. The number of hydrogen-bond donors (Lipinski definition) is 0. The fourth-order valence-electron chi connectivity index (χ4n) is 4.28. The first-order chi connectivity index (χ1) is 19.1. The van der Waals surface area contributed by atoms with Crippen LogP contribution < -0.4 is 20.7 Å². The summed E-state index contributed by atoms with van der Waals surface area (Å²) < 4.78 is 69.7. The Morgan fingerprint density at radius 3 is 1.44 bits per heavy atom. The lowest BCUT2D eigenvalue weighted by molar-refractivity contribution is 1.48. The van der Waals surface area contributed by atoms with Crippen LogP contribution in [0.25, 0.3) is 11.1 Å². The zero-order valence-corrected chi connectivity index (χ0v) is 18.7. The highest BCUT2D eigenvalue weighted by Gasteiger charge is 2.41. The average molecular weight is 435 g/mol. The molecule has 0 unspecified atom stereocenters. The highest BCUT2D eigenvalue weighted by molar-refractivity contribution is 7.19. The highest BCUT2D eigenvalue weighted by atomic mass is 28.3. The summed E-state index contributed by atoms with van der Waals surface area (Å²) in [5.74, 6) is 0. The second-order valence-corrected chi connectivity index (χ2v) is 11.3. The zero-order valence-electron chi connectivity index (χ0n) is 25.7. The molecule has 1 heteroatoms. The Morgan fingerprint density at radius 2 is 0.969 bits per heavy atom. The molecule has 0 fully saturated rings. The minimum absolute atomic E-state index is 0.0503. The third-order valence-corrected chi connectivity index (χ3v) is 10.2. The third kappa shape index (κ3) is 3.61. The van der Waals surface area contributed by atoms with Crippen LogP contribution in [0.2, 0.25) is 0 Å². The molecule has 0 aromatic heterocycles. The lowest BCUT2D eigenvalue weighted by Gasteiger charge is -2.35. The molecule has 5 aromatic rings. The fraction of sp³-hybridized carbons (Fsp3) is 0.0323. The lowest BCUT2D eigenvalue weighted by atomic mass is 10.0. The molecular formula is C31H26Si. The van der Waals surface area contributed by atoms with Gasteiger partial charge >= 0.3 is 0 Å². The molecule has 0 saturated heterocycles. The average Bonchev–Trinajstić information content (AvgIpc) is 2.99. The van der Waals surface area contributed by atoms with Crippen molar-refractivity contribution in [3.63, 3.8) is 0 Å². The third-order valence-electron chi connectivity index (χ3n) is 5.62. The monoisotopic (exact) mass is 434 g/mol. The van der Waals surface area contributed by atoms with Gasteiger partial charge in [0.1, 0.15) is 0 Å². The Bertz CT molecular complexity index is 1600. The predicted molar refractivity (Wildman–Crippen MR) is 140 cm³/mol. The molecule has 5 rings (SSSR count). The molecule has 154 valence electrons. The minimum atomic E-state index is -3.39. The van der Waals surface area contributed by atoms with E-state index in [1.54, 1.807) is 6.92 Å². The van der Waals surface area contributed by atoms with Gasteiger partial charge in [0.2, 0.25) is 0 Å².